The molecule has 0 bridgehead atoms. The highest BCUT2D eigenvalue weighted by atomic mass is 16.5. The fraction of sp³-hybridized carbons (Fsp3) is 0.0625. The normalized spacial score (nSPS) is 16.2. The summed E-state index contributed by atoms with van der Waals surface area (Å²) in [5.74, 6) is 0.451. The van der Waals surface area contributed by atoms with Crippen LogP contribution in [-0.2, 0) is 4.79 Å². The molecule has 0 saturated heterocycles. The SMILES string of the molecule is O=C1CC(=Cc2ccccc2)c2ccccc2O1. The highest BCUT2D eigenvalue weighted by Gasteiger charge is 2.20. The molecule has 0 unspecified atom stereocenters. The summed E-state index contributed by atoms with van der Waals surface area (Å²) in [6.07, 6.45) is 2.37. The van der Waals surface area contributed by atoms with Crippen molar-refractivity contribution in [3.05, 3.63) is 65.7 Å². The summed E-state index contributed by atoms with van der Waals surface area (Å²) in [4.78, 5) is 11.6. The van der Waals surface area contributed by atoms with Gasteiger partial charge in [-0.25, -0.2) is 0 Å². The molecule has 1 heterocycles. The molecule has 1 aliphatic rings. The summed E-state index contributed by atoms with van der Waals surface area (Å²) in [7, 11) is 0. The predicted octanol–water partition coefficient (Wildman–Crippen LogP) is 3.54. The Balaban J connectivity index is 2.08. The van der Waals surface area contributed by atoms with Crippen LogP contribution in [0.4, 0.5) is 0 Å². The molecule has 88 valence electrons. The Labute approximate surface area is 106 Å². The van der Waals surface area contributed by atoms with Gasteiger partial charge in [0.15, 0.2) is 0 Å². The number of benzene rings is 2. The molecule has 0 spiro atoms. The van der Waals surface area contributed by atoms with Crippen molar-refractivity contribution in [1.29, 1.82) is 0 Å². The van der Waals surface area contributed by atoms with Gasteiger partial charge in [0.05, 0.1) is 6.42 Å². The molecule has 0 atom stereocenters. The molecule has 2 aromatic carbocycles. The van der Waals surface area contributed by atoms with Gasteiger partial charge in [0.2, 0.25) is 0 Å². The molecule has 0 N–H and O–H groups in total. The molecule has 3 rings (SSSR count). The number of fused-ring (bicyclic) bond motifs is 1. The zero-order valence-electron chi connectivity index (χ0n) is 9.80. The standard InChI is InChI=1S/C16H12O2/c17-16-11-13(10-12-6-2-1-3-7-12)14-8-4-5-9-15(14)18-16/h1-10H,11H2. The van der Waals surface area contributed by atoms with Crippen LogP contribution in [0.1, 0.15) is 17.5 Å². The summed E-state index contributed by atoms with van der Waals surface area (Å²) in [5, 5.41) is 0. The van der Waals surface area contributed by atoms with Crippen LogP contribution in [0, 0.1) is 0 Å². The number of carbonyl (C=O) groups is 1. The summed E-state index contributed by atoms with van der Waals surface area (Å²) in [6.45, 7) is 0. The van der Waals surface area contributed by atoms with Crippen LogP contribution >= 0.6 is 0 Å². The first-order chi connectivity index (χ1) is 8.83. The van der Waals surface area contributed by atoms with Crippen molar-refractivity contribution in [2.75, 3.05) is 0 Å². The second-order valence-electron chi connectivity index (χ2n) is 4.23. The molecule has 0 saturated carbocycles. The molecule has 0 fully saturated rings. The molecule has 1 aliphatic heterocycles. The molecular weight excluding hydrogens is 224 g/mol. The third-order valence-corrected chi connectivity index (χ3v) is 2.93. The minimum absolute atomic E-state index is 0.198. The van der Waals surface area contributed by atoms with E-state index in [0.29, 0.717) is 12.2 Å². The van der Waals surface area contributed by atoms with Gasteiger partial charge >= 0.3 is 5.97 Å². The predicted molar refractivity (Wildman–Crippen MR) is 71.0 cm³/mol. The van der Waals surface area contributed by atoms with Gasteiger partial charge in [0, 0.05) is 5.56 Å². The van der Waals surface area contributed by atoms with E-state index in [-0.39, 0.29) is 5.97 Å². The van der Waals surface area contributed by atoms with E-state index in [0.717, 1.165) is 16.7 Å². The van der Waals surface area contributed by atoms with Crippen molar-refractivity contribution < 1.29 is 9.53 Å². The quantitative estimate of drug-likeness (QED) is 0.559. The minimum atomic E-state index is -0.198. The van der Waals surface area contributed by atoms with Crippen molar-refractivity contribution in [3.8, 4) is 5.75 Å². The van der Waals surface area contributed by atoms with E-state index in [1.165, 1.54) is 0 Å². The molecular formula is C16H12O2. The summed E-state index contributed by atoms with van der Waals surface area (Å²) in [5.41, 5.74) is 3.10. The van der Waals surface area contributed by atoms with E-state index in [4.69, 9.17) is 4.74 Å². The summed E-state index contributed by atoms with van der Waals surface area (Å²) >= 11 is 0. The van der Waals surface area contributed by atoms with Crippen LogP contribution in [0.15, 0.2) is 54.6 Å². The molecule has 0 radical (unpaired) electrons. The Morgan fingerprint density at radius 2 is 1.67 bits per heavy atom. The Morgan fingerprint density at radius 1 is 0.944 bits per heavy atom. The van der Waals surface area contributed by atoms with E-state index >= 15 is 0 Å². The fourth-order valence-corrected chi connectivity index (χ4v) is 2.11. The van der Waals surface area contributed by atoms with Crippen LogP contribution in [-0.4, -0.2) is 5.97 Å². The van der Waals surface area contributed by atoms with Gasteiger partial charge in [-0.15, -0.1) is 0 Å². The number of hydrogen-bond acceptors (Lipinski definition) is 2. The largest absolute Gasteiger partial charge is 0.426 e. The number of para-hydroxylation sites is 1. The number of rotatable bonds is 1. The lowest BCUT2D eigenvalue weighted by Crippen LogP contribution is -2.14. The van der Waals surface area contributed by atoms with E-state index < -0.39 is 0 Å². The molecule has 2 heteroatoms. The maximum atomic E-state index is 11.6. The average molecular weight is 236 g/mol. The molecule has 2 nitrogen and oxygen atoms in total. The van der Waals surface area contributed by atoms with E-state index in [1.54, 1.807) is 0 Å². The van der Waals surface area contributed by atoms with Crippen molar-refractivity contribution >= 4 is 17.6 Å². The smallest absolute Gasteiger partial charge is 0.315 e. The lowest BCUT2D eigenvalue weighted by Gasteiger charge is -2.18. The van der Waals surface area contributed by atoms with Crippen LogP contribution in [0.25, 0.3) is 11.6 Å². The third kappa shape index (κ3) is 2.05. The maximum absolute atomic E-state index is 11.6. The van der Waals surface area contributed by atoms with E-state index in [2.05, 4.69) is 0 Å². The summed E-state index contributed by atoms with van der Waals surface area (Å²) < 4.78 is 5.22. The number of carbonyl (C=O) groups excluding carboxylic acids is 1. The minimum Gasteiger partial charge on any atom is -0.426 e. The van der Waals surface area contributed by atoms with Crippen molar-refractivity contribution in [3.63, 3.8) is 0 Å². The molecule has 0 aliphatic carbocycles. The first kappa shape index (κ1) is 10.8. The van der Waals surface area contributed by atoms with Gasteiger partial charge in [-0.1, -0.05) is 54.6 Å². The highest BCUT2D eigenvalue weighted by Crippen LogP contribution is 2.34. The average Bonchev–Trinajstić information content (AvgIpc) is 2.40. The third-order valence-electron chi connectivity index (χ3n) is 2.93. The van der Waals surface area contributed by atoms with Gasteiger partial charge < -0.3 is 4.74 Å². The van der Waals surface area contributed by atoms with Gasteiger partial charge in [0.1, 0.15) is 5.75 Å². The number of hydrogen-bond donors (Lipinski definition) is 0. The van der Waals surface area contributed by atoms with E-state index in [1.807, 2.05) is 60.7 Å². The molecule has 2 aromatic rings. The molecule has 0 aromatic heterocycles. The van der Waals surface area contributed by atoms with Gasteiger partial charge in [-0.2, -0.15) is 0 Å². The first-order valence-corrected chi connectivity index (χ1v) is 5.88. The topological polar surface area (TPSA) is 26.3 Å². The van der Waals surface area contributed by atoms with Crippen molar-refractivity contribution in [1.82, 2.24) is 0 Å². The van der Waals surface area contributed by atoms with Gasteiger partial charge in [-0.05, 0) is 17.2 Å². The fourth-order valence-electron chi connectivity index (χ4n) is 2.11. The van der Waals surface area contributed by atoms with E-state index in [9.17, 15) is 4.79 Å². The zero-order chi connectivity index (χ0) is 12.4. The monoisotopic (exact) mass is 236 g/mol. The summed E-state index contributed by atoms with van der Waals surface area (Å²) in [6, 6.07) is 17.6. The molecule has 0 amide bonds. The van der Waals surface area contributed by atoms with Crippen LogP contribution < -0.4 is 4.74 Å². The van der Waals surface area contributed by atoms with Gasteiger partial charge in [0.25, 0.3) is 0 Å². The van der Waals surface area contributed by atoms with Gasteiger partial charge in [-0.3, -0.25) is 4.79 Å². The molecule has 18 heavy (non-hydrogen) atoms. The highest BCUT2D eigenvalue weighted by molar-refractivity contribution is 5.97. The first-order valence-electron chi connectivity index (χ1n) is 5.88. The Kier molecular flexibility index (Phi) is 2.69. The second-order valence-corrected chi connectivity index (χ2v) is 4.23. The zero-order valence-corrected chi connectivity index (χ0v) is 9.80. The second kappa shape index (κ2) is 4.49. The van der Waals surface area contributed by atoms with Crippen LogP contribution in [0.5, 0.6) is 5.75 Å². The Morgan fingerprint density at radius 3 is 2.50 bits per heavy atom. The van der Waals surface area contributed by atoms with Crippen LogP contribution in [0.3, 0.4) is 0 Å². The number of esters is 1. The lowest BCUT2D eigenvalue weighted by molar-refractivity contribution is -0.133. The Bertz CT molecular complexity index is 612. The van der Waals surface area contributed by atoms with Crippen molar-refractivity contribution in [2.45, 2.75) is 6.42 Å². The lowest BCUT2D eigenvalue weighted by atomic mass is 9.97. The number of ether oxygens (including phenoxy) is 1. The maximum Gasteiger partial charge on any atom is 0.315 e. The Hall–Kier alpha value is -2.35. The van der Waals surface area contributed by atoms with Crippen LogP contribution in [0.2, 0.25) is 0 Å². The van der Waals surface area contributed by atoms with Crippen molar-refractivity contribution in [2.24, 2.45) is 0 Å².